The van der Waals surface area contributed by atoms with E-state index >= 15 is 0 Å². The molecule has 9 heteroatoms. The molecule has 3 aliphatic heterocycles. The van der Waals surface area contributed by atoms with E-state index in [0.29, 0.717) is 45.7 Å². The fourth-order valence-electron chi connectivity index (χ4n) is 6.14. The molecule has 2 saturated heterocycles. The van der Waals surface area contributed by atoms with Gasteiger partial charge in [0.25, 0.3) is 5.91 Å². The zero-order valence-corrected chi connectivity index (χ0v) is 23.8. The van der Waals surface area contributed by atoms with Crippen LogP contribution in [0.4, 0.5) is 5.69 Å². The number of piperidine rings is 1. The van der Waals surface area contributed by atoms with Crippen molar-refractivity contribution < 1.29 is 33.7 Å². The van der Waals surface area contributed by atoms with Crippen LogP contribution in [0.5, 0.6) is 0 Å². The maximum Gasteiger partial charge on any atom is 0.306 e. The summed E-state index contributed by atoms with van der Waals surface area (Å²) in [6, 6.07) is 5.99. The van der Waals surface area contributed by atoms with E-state index in [9.17, 15) is 19.5 Å². The summed E-state index contributed by atoms with van der Waals surface area (Å²) in [6.07, 6.45) is 6.22. The van der Waals surface area contributed by atoms with E-state index in [1.54, 1.807) is 9.80 Å². The lowest BCUT2D eigenvalue weighted by atomic mass is 9.81. The van der Waals surface area contributed by atoms with Gasteiger partial charge in [0.2, 0.25) is 5.91 Å². The summed E-state index contributed by atoms with van der Waals surface area (Å²) in [7, 11) is 0. The van der Waals surface area contributed by atoms with Gasteiger partial charge in [-0.3, -0.25) is 14.4 Å². The SMILES string of the molecule is Cc1ccc2c(c1)[C@H](C13C=CC=CC1OCCO3)O[C@@H](CC(=O)N1CCC(C(=O)O)CC1)C(=O)N2CC(C)(C)C. The Kier molecular flexibility index (Phi) is 7.92. The Morgan fingerprint density at radius 2 is 1.88 bits per heavy atom. The number of likely N-dealkylation sites (tertiary alicyclic amines) is 1. The molecule has 0 spiro atoms. The summed E-state index contributed by atoms with van der Waals surface area (Å²) in [5.74, 6) is -1.76. The van der Waals surface area contributed by atoms with E-state index < -0.39 is 35.8 Å². The van der Waals surface area contributed by atoms with E-state index in [2.05, 4.69) is 20.8 Å². The molecule has 0 bridgehead atoms. The summed E-state index contributed by atoms with van der Waals surface area (Å²) in [5, 5.41) is 9.36. The maximum absolute atomic E-state index is 14.3. The molecule has 3 heterocycles. The van der Waals surface area contributed by atoms with Crippen molar-refractivity contribution in [3.63, 3.8) is 0 Å². The van der Waals surface area contributed by atoms with Crippen molar-refractivity contribution in [1.29, 1.82) is 0 Å². The minimum absolute atomic E-state index is 0.137. The first kappa shape index (κ1) is 28.5. The molecule has 0 saturated carbocycles. The lowest BCUT2D eigenvalue weighted by Gasteiger charge is -2.46. The van der Waals surface area contributed by atoms with Crippen molar-refractivity contribution in [3.05, 3.63) is 53.6 Å². The summed E-state index contributed by atoms with van der Waals surface area (Å²) in [6.45, 7) is 10.2. The average Bonchev–Trinajstić information content (AvgIpc) is 3.02. The lowest BCUT2D eigenvalue weighted by molar-refractivity contribution is -0.225. The van der Waals surface area contributed by atoms with Crippen LogP contribution in [0.25, 0.3) is 0 Å². The summed E-state index contributed by atoms with van der Waals surface area (Å²) >= 11 is 0. The second-order valence-corrected chi connectivity index (χ2v) is 12.5. The second kappa shape index (κ2) is 11.1. The third-order valence-electron chi connectivity index (χ3n) is 8.13. The van der Waals surface area contributed by atoms with Crippen molar-refractivity contribution in [3.8, 4) is 0 Å². The van der Waals surface area contributed by atoms with Crippen molar-refractivity contribution in [2.24, 2.45) is 11.3 Å². The third kappa shape index (κ3) is 5.60. The number of carboxylic acid groups (broad SMARTS) is 1. The molecule has 1 aromatic rings. The highest BCUT2D eigenvalue weighted by Gasteiger charge is 2.53. The molecule has 0 aromatic heterocycles. The molecule has 1 N–H and O–H groups in total. The summed E-state index contributed by atoms with van der Waals surface area (Å²) in [5.41, 5.74) is 1.37. The van der Waals surface area contributed by atoms with E-state index in [-0.39, 0.29) is 23.7 Å². The number of rotatable bonds is 5. The van der Waals surface area contributed by atoms with Crippen LogP contribution >= 0.6 is 0 Å². The molecule has 2 fully saturated rings. The van der Waals surface area contributed by atoms with E-state index in [1.807, 2.05) is 49.4 Å². The molecule has 4 aliphatic rings. The fraction of sp³-hybridized carbons (Fsp3) is 0.581. The minimum Gasteiger partial charge on any atom is -0.481 e. The second-order valence-electron chi connectivity index (χ2n) is 12.5. The van der Waals surface area contributed by atoms with Gasteiger partial charge in [0.05, 0.1) is 25.6 Å². The van der Waals surface area contributed by atoms with Gasteiger partial charge < -0.3 is 29.1 Å². The molecule has 1 aliphatic carbocycles. The summed E-state index contributed by atoms with van der Waals surface area (Å²) in [4.78, 5) is 42.6. The van der Waals surface area contributed by atoms with Crippen molar-refractivity contribution in [1.82, 2.24) is 4.90 Å². The van der Waals surface area contributed by atoms with Gasteiger partial charge in [0.1, 0.15) is 23.9 Å². The normalized spacial score (nSPS) is 29.1. The largest absolute Gasteiger partial charge is 0.481 e. The van der Waals surface area contributed by atoms with Gasteiger partial charge in [-0.1, -0.05) is 56.7 Å². The zero-order chi connectivity index (χ0) is 28.7. The first-order chi connectivity index (χ1) is 19.0. The van der Waals surface area contributed by atoms with Crippen LogP contribution in [-0.4, -0.2) is 78.4 Å². The third-order valence-corrected chi connectivity index (χ3v) is 8.13. The highest BCUT2D eigenvalue weighted by Crippen LogP contribution is 2.48. The van der Waals surface area contributed by atoms with Crippen molar-refractivity contribution in [2.75, 3.05) is 37.7 Å². The number of amides is 2. The van der Waals surface area contributed by atoms with E-state index in [0.717, 1.165) is 16.8 Å². The van der Waals surface area contributed by atoms with Crippen LogP contribution in [0.15, 0.2) is 42.5 Å². The Morgan fingerprint density at radius 1 is 1.12 bits per heavy atom. The Bertz CT molecular complexity index is 1210. The van der Waals surface area contributed by atoms with Gasteiger partial charge in [-0.05, 0) is 37.3 Å². The molecule has 216 valence electrons. The van der Waals surface area contributed by atoms with Gasteiger partial charge in [-0.25, -0.2) is 0 Å². The molecule has 9 nitrogen and oxygen atoms in total. The molecule has 0 radical (unpaired) electrons. The van der Waals surface area contributed by atoms with Crippen LogP contribution < -0.4 is 4.90 Å². The number of ether oxygens (including phenoxy) is 3. The number of benzene rings is 1. The number of hydrogen-bond donors (Lipinski definition) is 1. The molecule has 40 heavy (non-hydrogen) atoms. The molecule has 1 aromatic carbocycles. The Morgan fingerprint density at radius 3 is 2.58 bits per heavy atom. The van der Waals surface area contributed by atoms with E-state index in [4.69, 9.17) is 14.2 Å². The zero-order valence-electron chi connectivity index (χ0n) is 23.8. The number of fused-ring (bicyclic) bond motifs is 2. The van der Waals surface area contributed by atoms with Crippen molar-refractivity contribution in [2.45, 2.75) is 70.9 Å². The number of allylic oxidation sites excluding steroid dienone is 2. The maximum atomic E-state index is 14.3. The Hall–Kier alpha value is -3.01. The first-order valence-electron chi connectivity index (χ1n) is 14.2. The number of aryl methyl sites for hydroxylation is 1. The average molecular weight is 553 g/mol. The topological polar surface area (TPSA) is 106 Å². The smallest absolute Gasteiger partial charge is 0.306 e. The van der Waals surface area contributed by atoms with Crippen LogP contribution in [0, 0.1) is 18.3 Å². The Labute approximate surface area is 235 Å². The number of anilines is 1. The van der Waals surface area contributed by atoms with Crippen LogP contribution in [-0.2, 0) is 28.6 Å². The molecule has 4 atom stereocenters. The van der Waals surface area contributed by atoms with Crippen molar-refractivity contribution >= 4 is 23.5 Å². The van der Waals surface area contributed by atoms with Gasteiger partial charge in [-0.15, -0.1) is 0 Å². The standard InChI is InChI=1S/C31H40N2O7/c1-20-8-9-23-22(17-20)27(31-12-6-5-7-25(31)38-15-16-39-31)40-24(28(35)33(23)19-30(2,3)4)18-26(34)32-13-10-21(11-14-32)29(36)37/h5-9,12,17,21,24-25,27H,10-11,13-16,18-19H2,1-4H3,(H,36,37)/t24-,25?,27+,31?/m0/s1. The molecule has 2 amide bonds. The number of nitrogens with zero attached hydrogens (tertiary/aromatic N) is 2. The molecule has 2 unspecified atom stereocenters. The Balaban J connectivity index is 1.53. The first-order valence-corrected chi connectivity index (χ1v) is 14.2. The monoisotopic (exact) mass is 552 g/mol. The molecule has 5 rings (SSSR count). The number of aliphatic carboxylic acids is 1. The lowest BCUT2D eigenvalue weighted by Crippen LogP contribution is -2.55. The van der Waals surface area contributed by atoms with Crippen LogP contribution in [0.1, 0.15) is 57.3 Å². The molecular formula is C31H40N2O7. The van der Waals surface area contributed by atoms with Crippen LogP contribution in [0.2, 0.25) is 0 Å². The van der Waals surface area contributed by atoms with Gasteiger partial charge in [-0.2, -0.15) is 0 Å². The van der Waals surface area contributed by atoms with Gasteiger partial charge in [0.15, 0.2) is 0 Å². The van der Waals surface area contributed by atoms with Crippen LogP contribution in [0.3, 0.4) is 0 Å². The minimum atomic E-state index is -1.05. The number of carbonyl (C=O) groups is 3. The predicted octanol–water partition coefficient (Wildman–Crippen LogP) is 3.81. The number of hydrogen-bond acceptors (Lipinski definition) is 6. The predicted molar refractivity (Wildman–Crippen MR) is 149 cm³/mol. The highest BCUT2D eigenvalue weighted by molar-refractivity contribution is 6.00. The summed E-state index contributed by atoms with van der Waals surface area (Å²) < 4.78 is 19.4. The quantitative estimate of drug-likeness (QED) is 0.592. The van der Waals surface area contributed by atoms with Gasteiger partial charge >= 0.3 is 5.97 Å². The fourth-order valence-corrected chi connectivity index (χ4v) is 6.14. The van der Waals surface area contributed by atoms with E-state index in [1.165, 1.54) is 0 Å². The number of carboxylic acids is 1. The highest BCUT2D eigenvalue weighted by atomic mass is 16.6. The number of carbonyl (C=O) groups excluding carboxylic acids is 2. The van der Waals surface area contributed by atoms with Gasteiger partial charge in [0, 0.05) is 30.9 Å². The molecular weight excluding hydrogens is 512 g/mol.